The van der Waals surface area contributed by atoms with E-state index >= 15 is 0 Å². The number of nitrogens with one attached hydrogen (secondary N) is 1. The maximum Gasteiger partial charge on any atom is 0.226 e. The van der Waals surface area contributed by atoms with E-state index < -0.39 is 0 Å². The number of aromatic nitrogens is 1. The summed E-state index contributed by atoms with van der Waals surface area (Å²) in [6.07, 6.45) is 12.0. The molecule has 0 saturated heterocycles. The molecule has 0 unspecified atom stereocenters. The van der Waals surface area contributed by atoms with Gasteiger partial charge in [-0.15, -0.1) is 11.3 Å². The van der Waals surface area contributed by atoms with Gasteiger partial charge in [-0.25, -0.2) is 4.98 Å². The summed E-state index contributed by atoms with van der Waals surface area (Å²) in [4.78, 5) is 16.5. The molecule has 0 bridgehead atoms. The first kappa shape index (κ1) is 19.6. The van der Waals surface area contributed by atoms with Gasteiger partial charge in [-0.3, -0.25) is 4.79 Å². The lowest BCUT2D eigenvalue weighted by atomic mass is 10.1. The highest BCUT2D eigenvalue weighted by Crippen LogP contribution is 2.24. The van der Waals surface area contributed by atoms with Crippen LogP contribution in [0.2, 0.25) is 0 Å². The predicted molar refractivity (Wildman–Crippen MR) is 108 cm³/mol. The van der Waals surface area contributed by atoms with E-state index in [-0.39, 0.29) is 5.91 Å². The van der Waals surface area contributed by atoms with Crippen LogP contribution in [-0.4, -0.2) is 10.9 Å². The fourth-order valence-electron chi connectivity index (χ4n) is 2.85. The van der Waals surface area contributed by atoms with Gasteiger partial charge < -0.3 is 5.32 Å². The molecule has 0 fully saturated rings. The quantitative estimate of drug-likeness (QED) is 0.430. The molecule has 2 rings (SSSR count). The van der Waals surface area contributed by atoms with Gasteiger partial charge in [0.2, 0.25) is 5.91 Å². The Morgan fingerprint density at radius 3 is 2.28 bits per heavy atom. The van der Waals surface area contributed by atoms with Crippen molar-refractivity contribution in [3.63, 3.8) is 0 Å². The molecule has 1 N–H and O–H groups in total. The van der Waals surface area contributed by atoms with Crippen molar-refractivity contribution in [2.75, 3.05) is 5.32 Å². The number of hydrogen-bond acceptors (Lipinski definition) is 3. The number of rotatable bonds is 12. The zero-order valence-electron chi connectivity index (χ0n) is 15.3. The minimum absolute atomic E-state index is 0.0805. The number of carbonyl (C=O) groups excluding carboxylic acids is 1. The van der Waals surface area contributed by atoms with Crippen LogP contribution in [0.25, 0.3) is 11.3 Å². The van der Waals surface area contributed by atoms with Gasteiger partial charge in [-0.1, -0.05) is 88.6 Å². The Morgan fingerprint density at radius 1 is 0.960 bits per heavy atom. The zero-order valence-corrected chi connectivity index (χ0v) is 16.1. The van der Waals surface area contributed by atoms with Gasteiger partial charge in [0.15, 0.2) is 5.13 Å². The third kappa shape index (κ3) is 7.82. The van der Waals surface area contributed by atoms with Gasteiger partial charge in [0.05, 0.1) is 5.69 Å². The molecule has 0 atom stereocenters. The van der Waals surface area contributed by atoms with Crippen LogP contribution in [0.4, 0.5) is 5.13 Å². The van der Waals surface area contributed by atoms with Gasteiger partial charge in [0.25, 0.3) is 0 Å². The van der Waals surface area contributed by atoms with Crippen LogP contribution < -0.4 is 5.32 Å². The molecule has 0 saturated carbocycles. The summed E-state index contributed by atoms with van der Waals surface area (Å²) < 4.78 is 0. The Kier molecular flexibility index (Phi) is 9.27. The van der Waals surface area contributed by atoms with Crippen LogP contribution in [0.1, 0.15) is 71.1 Å². The van der Waals surface area contributed by atoms with Crippen LogP contribution in [-0.2, 0) is 4.79 Å². The van der Waals surface area contributed by atoms with E-state index in [2.05, 4.69) is 17.2 Å². The van der Waals surface area contributed by atoms with E-state index in [9.17, 15) is 4.79 Å². The van der Waals surface area contributed by atoms with Crippen molar-refractivity contribution >= 4 is 22.4 Å². The first-order valence-corrected chi connectivity index (χ1v) is 10.5. The number of carbonyl (C=O) groups is 1. The van der Waals surface area contributed by atoms with Crippen LogP contribution in [0.5, 0.6) is 0 Å². The molecule has 0 aliphatic carbocycles. The molecule has 2 aromatic rings. The molecular weight excluding hydrogens is 328 g/mol. The minimum atomic E-state index is 0.0805. The maximum atomic E-state index is 12.0. The number of benzene rings is 1. The summed E-state index contributed by atoms with van der Waals surface area (Å²) in [5.74, 6) is 0.0805. The zero-order chi connectivity index (χ0) is 17.7. The Hall–Kier alpha value is -1.68. The highest BCUT2D eigenvalue weighted by Gasteiger charge is 2.07. The SMILES string of the molecule is CCCCCCCCCCCC(=O)Nc1nc(-c2ccccc2)cs1. The fraction of sp³-hybridized carbons (Fsp3) is 0.524. The summed E-state index contributed by atoms with van der Waals surface area (Å²) in [7, 11) is 0. The molecule has 3 nitrogen and oxygen atoms in total. The lowest BCUT2D eigenvalue weighted by molar-refractivity contribution is -0.116. The Labute approximate surface area is 155 Å². The molecule has 136 valence electrons. The van der Waals surface area contributed by atoms with Crippen molar-refractivity contribution < 1.29 is 4.79 Å². The molecule has 1 amide bonds. The van der Waals surface area contributed by atoms with Gasteiger partial charge in [-0.05, 0) is 6.42 Å². The van der Waals surface area contributed by atoms with Crippen LogP contribution in [0, 0.1) is 0 Å². The van der Waals surface area contributed by atoms with E-state index in [1.54, 1.807) is 0 Å². The fourth-order valence-corrected chi connectivity index (χ4v) is 3.59. The molecular formula is C21H30N2OS. The van der Waals surface area contributed by atoms with Crippen LogP contribution >= 0.6 is 11.3 Å². The van der Waals surface area contributed by atoms with Gasteiger partial charge in [0.1, 0.15) is 0 Å². The average Bonchev–Trinajstić information content (AvgIpc) is 3.09. The predicted octanol–water partition coefficient (Wildman–Crippen LogP) is 6.67. The average molecular weight is 359 g/mol. The van der Waals surface area contributed by atoms with Gasteiger partial charge in [-0.2, -0.15) is 0 Å². The van der Waals surface area contributed by atoms with Gasteiger partial charge >= 0.3 is 0 Å². The summed E-state index contributed by atoms with van der Waals surface area (Å²) >= 11 is 1.49. The number of anilines is 1. The highest BCUT2D eigenvalue weighted by atomic mass is 32.1. The van der Waals surface area contributed by atoms with Crippen LogP contribution in [0.3, 0.4) is 0 Å². The van der Waals surface area contributed by atoms with Crippen molar-refractivity contribution in [3.8, 4) is 11.3 Å². The molecule has 25 heavy (non-hydrogen) atoms. The number of thiazole rings is 1. The molecule has 0 aliphatic heterocycles. The Morgan fingerprint density at radius 2 is 1.60 bits per heavy atom. The molecule has 1 heterocycles. The van der Waals surface area contributed by atoms with Crippen LogP contribution in [0.15, 0.2) is 35.7 Å². The molecule has 1 aromatic carbocycles. The standard InChI is InChI=1S/C21H30N2OS/c1-2-3-4-5-6-7-8-9-13-16-20(24)23-21-22-19(17-25-21)18-14-11-10-12-15-18/h10-12,14-15,17H,2-9,13,16H2,1H3,(H,22,23,24). The second kappa shape index (κ2) is 11.8. The van der Waals surface area contributed by atoms with E-state index in [1.807, 2.05) is 35.7 Å². The minimum Gasteiger partial charge on any atom is -0.302 e. The van der Waals surface area contributed by atoms with E-state index in [1.165, 1.54) is 56.3 Å². The number of hydrogen-bond donors (Lipinski definition) is 1. The van der Waals surface area contributed by atoms with Crippen molar-refractivity contribution in [1.29, 1.82) is 0 Å². The monoisotopic (exact) mass is 358 g/mol. The first-order chi connectivity index (χ1) is 12.3. The molecule has 0 radical (unpaired) electrons. The van der Waals surface area contributed by atoms with Crippen molar-refractivity contribution in [3.05, 3.63) is 35.7 Å². The van der Waals surface area contributed by atoms with Gasteiger partial charge in [0, 0.05) is 17.4 Å². The normalized spacial score (nSPS) is 10.8. The summed E-state index contributed by atoms with van der Waals surface area (Å²) in [5, 5.41) is 5.61. The number of nitrogens with zero attached hydrogens (tertiary/aromatic N) is 1. The van der Waals surface area contributed by atoms with Crippen molar-refractivity contribution in [2.24, 2.45) is 0 Å². The Bertz CT molecular complexity index is 609. The second-order valence-electron chi connectivity index (χ2n) is 6.53. The number of unbranched alkanes of at least 4 members (excludes halogenated alkanes) is 8. The Balaban J connectivity index is 1.57. The van der Waals surface area contributed by atoms with Crippen molar-refractivity contribution in [1.82, 2.24) is 4.98 Å². The summed E-state index contributed by atoms with van der Waals surface area (Å²) in [6, 6.07) is 10.0. The third-order valence-electron chi connectivity index (χ3n) is 4.33. The molecule has 1 aromatic heterocycles. The summed E-state index contributed by atoms with van der Waals surface area (Å²) in [5.41, 5.74) is 2.00. The highest BCUT2D eigenvalue weighted by molar-refractivity contribution is 7.14. The lowest BCUT2D eigenvalue weighted by Gasteiger charge is -2.03. The largest absolute Gasteiger partial charge is 0.302 e. The topological polar surface area (TPSA) is 42.0 Å². The van der Waals surface area contributed by atoms with E-state index in [0.29, 0.717) is 11.6 Å². The van der Waals surface area contributed by atoms with E-state index in [4.69, 9.17) is 0 Å². The summed E-state index contributed by atoms with van der Waals surface area (Å²) in [6.45, 7) is 2.25. The smallest absolute Gasteiger partial charge is 0.226 e. The molecule has 0 spiro atoms. The molecule has 0 aliphatic rings. The van der Waals surface area contributed by atoms with E-state index in [0.717, 1.165) is 24.1 Å². The third-order valence-corrected chi connectivity index (χ3v) is 5.09. The van der Waals surface area contributed by atoms with Crippen molar-refractivity contribution in [2.45, 2.75) is 71.1 Å². The lowest BCUT2D eigenvalue weighted by Crippen LogP contribution is -2.10. The molecule has 4 heteroatoms. The first-order valence-electron chi connectivity index (χ1n) is 9.60. The second-order valence-corrected chi connectivity index (χ2v) is 7.39. The number of amides is 1. The maximum absolute atomic E-state index is 12.0.